The number of carbonyl (C=O) groups excluding carboxylic acids is 2. The van der Waals surface area contributed by atoms with Crippen LogP contribution < -0.4 is 20.2 Å². The summed E-state index contributed by atoms with van der Waals surface area (Å²) in [7, 11) is 0. The first-order valence-electron chi connectivity index (χ1n) is 8.30. The topological polar surface area (TPSA) is 89.0 Å². The summed E-state index contributed by atoms with van der Waals surface area (Å²) in [5, 5.41) is 6.77. The molecule has 2 amide bonds. The number of anilines is 1. The first-order chi connectivity index (χ1) is 13.0. The molecule has 0 bridgehead atoms. The number of halogens is 1. The van der Waals surface area contributed by atoms with Crippen LogP contribution in [0.25, 0.3) is 0 Å². The lowest BCUT2D eigenvalue weighted by Gasteiger charge is -2.19. The van der Waals surface area contributed by atoms with Crippen LogP contribution in [0.15, 0.2) is 47.6 Å². The second-order valence-electron chi connectivity index (χ2n) is 5.88. The highest BCUT2D eigenvalue weighted by Crippen LogP contribution is 2.32. The molecule has 0 saturated carbocycles. The highest BCUT2D eigenvalue weighted by Gasteiger charge is 2.13. The van der Waals surface area contributed by atoms with Crippen molar-refractivity contribution in [1.82, 2.24) is 5.43 Å². The quantitative estimate of drug-likeness (QED) is 0.392. The van der Waals surface area contributed by atoms with Crippen LogP contribution in [0.1, 0.15) is 23.7 Å². The Hall–Kier alpha value is -2.62. The van der Waals surface area contributed by atoms with Gasteiger partial charge in [-0.05, 0) is 59.8 Å². The third kappa shape index (κ3) is 5.43. The molecule has 0 fully saturated rings. The van der Waals surface area contributed by atoms with Crippen molar-refractivity contribution in [2.75, 3.05) is 18.5 Å². The van der Waals surface area contributed by atoms with E-state index in [2.05, 4.69) is 38.4 Å². The third-order valence-corrected chi connectivity index (χ3v) is 4.35. The number of carbonyl (C=O) groups is 2. The van der Waals surface area contributed by atoms with E-state index in [4.69, 9.17) is 9.47 Å². The maximum atomic E-state index is 12.2. The minimum atomic E-state index is -0.319. The largest absolute Gasteiger partial charge is 0.486 e. The van der Waals surface area contributed by atoms with Crippen LogP contribution in [-0.4, -0.2) is 30.7 Å². The molecule has 27 heavy (non-hydrogen) atoms. The Balaban J connectivity index is 1.54. The van der Waals surface area contributed by atoms with Crippen molar-refractivity contribution in [2.24, 2.45) is 5.10 Å². The summed E-state index contributed by atoms with van der Waals surface area (Å²) in [4.78, 5) is 24.2. The molecule has 1 aliphatic rings. The second kappa shape index (κ2) is 8.85. The molecule has 2 aromatic rings. The van der Waals surface area contributed by atoms with E-state index in [0.29, 0.717) is 41.7 Å². The second-order valence-corrected chi connectivity index (χ2v) is 7.13. The van der Waals surface area contributed by atoms with E-state index < -0.39 is 0 Å². The Morgan fingerprint density at radius 3 is 2.67 bits per heavy atom. The van der Waals surface area contributed by atoms with Crippen LogP contribution in [0.5, 0.6) is 11.5 Å². The molecule has 1 aliphatic heterocycles. The molecule has 0 saturated heterocycles. The molecule has 2 N–H and O–H groups in total. The van der Waals surface area contributed by atoms with E-state index in [1.54, 1.807) is 43.3 Å². The van der Waals surface area contributed by atoms with E-state index in [1.165, 1.54) is 0 Å². The predicted molar refractivity (Wildman–Crippen MR) is 110 cm³/mol. The molecule has 8 heteroatoms. The van der Waals surface area contributed by atoms with Crippen molar-refractivity contribution in [1.29, 1.82) is 0 Å². The van der Waals surface area contributed by atoms with Crippen LogP contribution in [0.4, 0.5) is 5.69 Å². The molecule has 0 spiro atoms. The first-order valence-corrected chi connectivity index (χ1v) is 9.38. The molecule has 1 heterocycles. The molecular weight excluding hydrogens is 461 g/mol. The Morgan fingerprint density at radius 2 is 1.89 bits per heavy atom. The molecule has 140 valence electrons. The fourth-order valence-electron chi connectivity index (χ4n) is 2.44. The summed E-state index contributed by atoms with van der Waals surface area (Å²) in [6.07, 6.45) is 0.0566. The number of amides is 2. The van der Waals surface area contributed by atoms with Crippen molar-refractivity contribution in [3.05, 3.63) is 51.6 Å². The first kappa shape index (κ1) is 19.2. The van der Waals surface area contributed by atoms with Gasteiger partial charge >= 0.3 is 0 Å². The van der Waals surface area contributed by atoms with Gasteiger partial charge in [0.1, 0.15) is 13.2 Å². The van der Waals surface area contributed by atoms with Crippen molar-refractivity contribution >= 4 is 45.8 Å². The van der Waals surface area contributed by atoms with Gasteiger partial charge in [0.15, 0.2) is 11.5 Å². The normalized spacial score (nSPS) is 13.0. The molecule has 0 radical (unpaired) electrons. The molecule has 2 aromatic carbocycles. The Morgan fingerprint density at radius 1 is 1.11 bits per heavy atom. The van der Waals surface area contributed by atoms with E-state index >= 15 is 0 Å². The lowest BCUT2D eigenvalue weighted by atomic mass is 10.2. The number of nitrogens with zero attached hydrogens (tertiary/aromatic N) is 1. The number of ether oxygens (including phenoxy) is 2. The average Bonchev–Trinajstić information content (AvgIpc) is 2.66. The van der Waals surface area contributed by atoms with Gasteiger partial charge in [-0.2, -0.15) is 5.10 Å². The monoisotopic (exact) mass is 479 g/mol. The standard InChI is InChI=1S/C19H18IN3O4/c1-12(22-23-19(25)13-3-2-4-14(20)10-13)9-18(24)21-15-5-6-16-17(11-15)27-8-7-26-16/h2-6,10-11H,7-9H2,1H3,(H,21,24)(H,23,25)/b22-12-. The molecule has 0 atom stereocenters. The van der Waals surface area contributed by atoms with E-state index in [9.17, 15) is 9.59 Å². The summed E-state index contributed by atoms with van der Waals surface area (Å²) < 4.78 is 11.9. The fourth-order valence-corrected chi connectivity index (χ4v) is 2.98. The summed E-state index contributed by atoms with van der Waals surface area (Å²) >= 11 is 2.13. The van der Waals surface area contributed by atoms with Crippen molar-refractivity contribution < 1.29 is 19.1 Å². The van der Waals surface area contributed by atoms with Gasteiger partial charge in [0.2, 0.25) is 5.91 Å². The van der Waals surface area contributed by atoms with Crippen molar-refractivity contribution in [3.8, 4) is 11.5 Å². The molecule has 0 unspecified atom stereocenters. The zero-order chi connectivity index (χ0) is 19.2. The van der Waals surface area contributed by atoms with Gasteiger partial charge in [0, 0.05) is 26.6 Å². The van der Waals surface area contributed by atoms with Gasteiger partial charge in [-0.1, -0.05) is 6.07 Å². The molecule has 0 aliphatic carbocycles. The van der Waals surface area contributed by atoms with Gasteiger partial charge in [-0.25, -0.2) is 5.43 Å². The predicted octanol–water partition coefficient (Wildman–Crippen LogP) is 3.20. The Labute approximate surface area is 170 Å². The van der Waals surface area contributed by atoms with Crippen LogP contribution in [0.2, 0.25) is 0 Å². The van der Waals surface area contributed by atoms with Crippen LogP contribution >= 0.6 is 22.6 Å². The highest BCUT2D eigenvalue weighted by atomic mass is 127. The van der Waals surface area contributed by atoms with Crippen LogP contribution in [0.3, 0.4) is 0 Å². The van der Waals surface area contributed by atoms with Gasteiger partial charge in [-0.3, -0.25) is 9.59 Å². The number of fused-ring (bicyclic) bond motifs is 1. The number of rotatable bonds is 5. The SMILES string of the molecule is C/C(CC(=O)Nc1ccc2c(c1)OCCO2)=N/NC(=O)c1cccc(I)c1. The van der Waals surface area contributed by atoms with Crippen molar-refractivity contribution in [3.63, 3.8) is 0 Å². The summed E-state index contributed by atoms with van der Waals surface area (Å²) in [5.41, 5.74) is 4.08. The lowest BCUT2D eigenvalue weighted by Crippen LogP contribution is -2.21. The number of hydrazone groups is 1. The highest BCUT2D eigenvalue weighted by molar-refractivity contribution is 14.1. The molecule has 3 rings (SSSR count). The van der Waals surface area contributed by atoms with Gasteiger partial charge in [0.05, 0.1) is 6.42 Å². The average molecular weight is 479 g/mol. The van der Waals surface area contributed by atoms with Crippen LogP contribution in [0, 0.1) is 3.57 Å². The maximum absolute atomic E-state index is 12.2. The number of hydrogen-bond donors (Lipinski definition) is 2. The zero-order valence-electron chi connectivity index (χ0n) is 14.6. The number of benzene rings is 2. The maximum Gasteiger partial charge on any atom is 0.271 e. The summed E-state index contributed by atoms with van der Waals surface area (Å²) in [5.74, 6) is 0.709. The Kier molecular flexibility index (Phi) is 6.28. The van der Waals surface area contributed by atoms with E-state index in [1.807, 2.05) is 6.07 Å². The van der Waals surface area contributed by atoms with Crippen molar-refractivity contribution in [2.45, 2.75) is 13.3 Å². The summed E-state index contributed by atoms with van der Waals surface area (Å²) in [6.45, 7) is 2.68. The minimum absolute atomic E-state index is 0.0566. The summed E-state index contributed by atoms with van der Waals surface area (Å²) in [6, 6.07) is 12.4. The minimum Gasteiger partial charge on any atom is -0.486 e. The zero-order valence-corrected chi connectivity index (χ0v) is 16.8. The smallest absolute Gasteiger partial charge is 0.271 e. The van der Waals surface area contributed by atoms with Gasteiger partial charge in [-0.15, -0.1) is 0 Å². The Bertz CT molecular complexity index is 898. The molecule has 7 nitrogen and oxygen atoms in total. The molecule has 0 aromatic heterocycles. The number of hydrogen-bond acceptors (Lipinski definition) is 5. The third-order valence-electron chi connectivity index (χ3n) is 3.68. The van der Waals surface area contributed by atoms with E-state index in [0.717, 1.165) is 3.57 Å². The molecular formula is C19H18IN3O4. The fraction of sp³-hybridized carbons (Fsp3) is 0.211. The van der Waals surface area contributed by atoms with Crippen LogP contribution in [-0.2, 0) is 4.79 Å². The number of nitrogens with one attached hydrogen (secondary N) is 2. The van der Waals surface area contributed by atoms with Gasteiger partial charge in [0.25, 0.3) is 5.91 Å². The lowest BCUT2D eigenvalue weighted by molar-refractivity contribution is -0.115. The van der Waals surface area contributed by atoms with Gasteiger partial charge < -0.3 is 14.8 Å². The van der Waals surface area contributed by atoms with E-state index in [-0.39, 0.29) is 18.2 Å².